The van der Waals surface area contributed by atoms with Crippen molar-refractivity contribution >= 4 is 44.1 Å². The average molecular weight is 530 g/mol. The molecule has 6 nitrogen and oxygen atoms in total. The van der Waals surface area contributed by atoms with Gasteiger partial charge in [-0.25, -0.2) is 4.98 Å². The number of piperidine rings is 1. The predicted molar refractivity (Wildman–Crippen MR) is 137 cm³/mol. The molecule has 33 heavy (non-hydrogen) atoms. The van der Waals surface area contributed by atoms with Crippen LogP contribution in [0.2, 0.25) is 0 Å². The highest BCUT2D eigenvalue weighted by Gasteiger charge is 2.27. The summed E-state index contributed by atoms with van der Waals surface area (Å²) < 4.78 is 12.3. The number of nitrogen functional groups attached to an aromatic ring is 1. The Balaban J connectivity index is 1.47. The third kappa shape index (κ3) is 5.68. The largest absolute Gasteiger partial charge is 0.488 e. The number of rotatable bonds is 7. The number of esters is 1. The Morgan fingerprint density at radius 2 is 2.03 bits per heavy atom. The summed E-state index contributed by atoms with van der Waals surface area (Å²) in [5, 5.41) is 3.04. The zero-order valence-corrected chi connectivity index (χ0v) is 21.2. The van der Waals surface area contributed by atoms with Crippen LogP contribution in [0, 0.1) is 12.8 Å². The fourth-order valence-corrected chi connectivity index (χ4v) is 5.18. The van der Waals surface area contributed by atoms with Crippen molar-refractivity contribution in [1.82, 2.24) is 4.98 Å². The van der Waals surface area contributed by atoms with Crippen molar-refractivity contribution in [3.63, 3.8) is 0 Å². The van der Waals surface area contributed by atoms with Gasteiger partial charge in [0.25, 0.3) is 0 Å². The summed E-state index contributed by atoms with van der Waals surface area (Å²) in [5.41, 5.74) is 10.8. The number of carbonyl (C=O) groups is 1. The molecular weight excluding hydrogens is 502 g/mol. The summed E-state index contributed by atoms with van der Waals surface area (Å²) in [6.45, 7) is 6.33. The molecule has 0 aliphatic carbocycles. The second-order valence-electron chi connectivity index (χ2n) is 8.16. The normalized spacial score (nSPS) is 14.3. The third-order valence-electron chi connectivity index (χ3n) is 5.78. The van der Waals surface area contributed by atoms with E-state index in [2.05, 4.69) is 39.2 Å². The topological polar surface area (TPSA) is 77.7 Å². The molecule has 1 saturated heterocycles. The fraction of sp³-hybridized carbons (Fsp3) is 0.360. The van der Waals surface area contributed by atoms with E-state index in [1.165, 1.54) is 0 Å². The Kier molecular flexibility index (Phi) is 7.55. The number of ether oxygens (including phenoxy) is 2. The van der Waals surface area contributed by atoms with E-state index in [0.29, 0.717) is 18.9 Å². The number of hydrogen-bond acceptors (Lipinski definition) is 7. The number of aromatic nitrogens is 1. The number of nitrogens with zero attached hydrogens (tertiary/aromatic N) is 2. The number of anilines is 2. The Bertz CT molecular complexity index is 1130. The van der Waals surface area contributed by atoms with E-state index in [0.717, 1.165) is 63.7 Å². The van der Waals surface area contributed by atoms with Gasteiger partial charge in [-0.1, -0.05) is 33.6 Å². The van der Waals surface area contributed by atoms with Crippen LogP contribution in [0.15, 0.2) is 46.3 Å². The smallest absolute Gasteiger partial charge is 0.309 e. The van der Waals surface area contributed by atoms with Gasteiger partial charge in [-0.3, -0.25) is 4.79 Å². The number of halogens is 1. The van der Waals surface area contributed by atoms with Crippen molar-refractivity contribution in [3.8, 4) is 17.0 Å². The Labute approximate surface area is 206 Å². The third-order valence-corrected chi connectivity index (χ3v) is 7.17. The molecule has 8 heteroatoms. The maximum Gasteiger partial charge on any atom is 0.309 e. The zero-order chi connectivity index (χ0) is 23.4. The molecule has 3 aromatic rings. The van der Waals surface area contributed by atoms with Crippen LogP contribution in [-0.4, -0.2) is 30.6 Å². The lowest BCUT2D eigenvalue weighted by Crippen LogP contribution is -2.36. The maximum absolute atomic E-state index is 12.0. The minimum Gasteiger partial charge on any atom is -0.488 e. The molecule has 0 bridgehead atoms. The van der Waals surface area contributed by atoms with Crippen LogP contribution < -0.4 is 15.4 Å². The van der Waals surface area contributed by atoms with Crippen LogP contribution in [0.5, 0.6) is 5.75 Å². The van der Waals surface area contributed by atoms with E-state index >= 15 is 0 Å². The van der Waals surface area contributed by atoms with Crippen molar-refractivity contribution in [2.75, 3.05) is 30.3 Å². The first-order valence-electron chi connectivity index (χ1n) is 11.1. The van der Waals surface area contributed by atoms with Gasteiger partial charge in [0.1, 0.15) is 12.4 Å². The van der Waals surface area contributed by atoms with Gasteiger partial charge in [-0.2, -0.15) is 0 Å². The second kappa shape index (κ2) is 10.6. The summed E-state index contributed by atoms with van der Waals surface area (Å²) in [5.74, 6) is 0.689. The number of hydrogen-bond donors (Lipinski definition) is 1. The van der Waals surface area contributed by atoms with Crippen molar-refractivity contribution in [1.29, 1.82) is 0 Å². The van der Waals surface area contributed by atoms with E-state index in [9.17, 15) is 4.79 Å². The molecule has 2 heterocycles. The van der Waals surface area contributed by atoms with Crippen LogP contribution in [0.1, 0.15) is 30.9 Å². The first kappa shape index (κ1) is 23.6. The van der Waals surface area contributed by atoms with Gasteiger partial charge in [0.2, 0.25) is 0 Å². The molecule has 2 N–H and O–H groups in total. The Hall–Kier alpha value is -2.58. The van der Waals surface area contributed by atoms with Gasteiger partial charge in [-0.05, 0) is 51.0 Å². The minimum atomic E-state index is -0.0788. The van der Waals surface area contributed by atoms with E-state index in [1.54, 1.807) is 11.3 Å². The number of nitrogens with two attached hydrogens (primary N) is 1. The molecule has 0 amide bonds. The van der Waals surface area contributed by atoms with Gasteiger partial charge < -0.3 is 20.1 Å². The van der Waals surface area contributed by atoms with Crippen LogP contribution in [0.25, 0.3) is 11.3 Å². The molecule has 174 valence electrons. The summed E-state index contributed by atoms with van der Waals surface area (Å²) in [6.07, 6.45) is 1.59. The zero-order valence-electron chi connectivity index (χ0n) is 18.8. The number of benzene rings is 2. The van der Waals surface area contributed by atoms with Crippen LogP contribution >= 0.6 is 27.3 Å². The molecular formula is C25H28BrN3O3S. The lowest BCUT2D eigenvalue weighted by atomic mass is 9.97. The first-order chi connectivity index (χ1) is 15.9. The predicted octanol–water partition coefficient (Wildman–Crippen LogP) is 5.82. The molecule has 1 aliphatic heterocycles. The van der Waals surface area contributed by atoms with Gasteiger partial charge >= 0.3 is 5.97 Å². The van der Waals surface area contributed by atoms with Crippen molar-refractivity contribution in [3.05, 3.63) is 57.4 Å². The van der Waals surface area contributed by atoms with Crippen molar-refractivity contribution < 1.29 is 14.3 Å². The molecule has 1 aromatic heterocycles. The van der Waals surface area contributed by atoms with E-state index < -0.39 is 0 Å². The Morgan fingerprint density at radius 1 is 1.24 bits per heavy atom. The van der Waals surface area contributed by atoms with Crippen LogP contribution in [0.3, 0.4) is 0 Å². The molecule has 4 rings (SSSR count). The van der Waals surface area contributed by atoms with Crippen molar-refractivity contribution in [2.24, 2.45) is 5.92 Å². The summed E-state index contributed by atoms with van der Waals surface area (Å²) in [6, 6.07) is 11.9. The summed E-state index contributed by atoms with van der Waals surface area (Å²) >= 11 is 5.06. The first-order valence-corrected chi connectivity index (χ1v) is 12.8. The lowest BCUT2D eigenvalue weighted by Gasteiger charge is -2.30. The van der Waals surface area contributed by atoms with E-state index in [1.807, 2.05) is 37.3 Å². The summed E-state index contributed by atoms with van der Waals surface area (Å²) in [4.78, 5) is 19.2. The van der Waals surface area contributed by atoms with Gasteiger partial charge in [-0.15, -0.1) is 11.3 Å². The molecule has 0 spiro atoms. The molecule has 0 saturated carbocycles. The van der Waals surface area contributed by atoms with Crippen LogP contribution in [-0.2, 0) is 16.1 Å². The standard InChI is InChI=1S/C25H28BrN3O3S/c1-3-31-24(30)17-8-10-29(11-9-17)25-28-22(15-33-25)20-12-16(2)4-7-23(20)32-14-18-5-6-19(26)13-21(18)27/h4-7,12-13,15,17H,3,8-11,14,27H2,1-2H3. The second-order valence-corrected chi connectivity index (χ2v) is 9.91. The van der Waals surface area contributed by atoms with E-state index in [-0.39, 0.29) is 11.9 Å². The molecule has 1 aliphatic rings. The quantitative estimate of drug-likeness (QED) is 0.306. The molecule has 0 unspecified atom stereocenters. The maximum atomic E-state index is 12.0. The molecule has 0 radical (unpaired) electrons. The van der Waals surface area contributed by atoms with E-state index in [4.69, 9.17) is 20.2 Å². The lowest BCUT2D eigenvalue weighted by molar-refractivity contribution is -0.148. The monoisotopic (exact) mass is 529 g/mol. The minimum absolute atomic E-state index is 0.0107. The van der Waals surface area contributed by atoms with Crippen LogP contribution in [0.4, 0.5) is 10.8 Å². The molecule has 0 atom stereocenters. The Morgan fingerprint density at radius 3 is 2.76 bits per heavy atom. The fourth-order valence-electron chi connectivity index (χ4n) is 3.92. The number of aryl methyl sites for hydroxylation is 1. The van der Waals surface area contributed by atoms with Crippen molar-refractivity contribution in [2.45, 2.75) is 33.3 Å². The highest BCUT2D eigenvalue weighted by atomic mass is 79.9. The number of thiazole rings is 1. The van der Waals surface area contributed by atoms with Gasteiger partial charge in [0, 0.05) is 39.8 Å². The number of carbonyl (C=O) groups excluding carboxylic acids is 1. The SMILES string of the molecule is CCOC(=O)C1CCN(c2nc(-c3cc(C)ccc3OCc3ccc(Br)cc3N)cs2)CC1. The highest BCUT2D eigenvalue weighted by Crippen LogP contribution is 2.36. The average Bonchev–Trinajstić information content (AvgIpc) is 3.29. The molecule has 2 aromatic carbocycles. The summed E-state index contributed by atoms with van der Waals surface area (Å²) in [7, 11) is 0. The van der Waals surface area contributed by atoms with Gasteiger partial charge in [0.05, 0.1) is 18.2 Å². The highest BCUT2D eigenvalue weighted by molar-refractivity contribution is 9.10. The molecule has 1 fully saturated rings. The van der Waals surface area contributed by atoms with Gasteiger partial charge in [0.15, 0.2) is 5.13 Å².